The van der Waals surface area contributed by atoms with Crippen molar-refractivity contribution in [1.82, 2.24) is 20.0 Å². The second-order valence-electron chi connectivity index (χ2n) is 9.73. The molecule has 3 saturated heterocycles. The molecule has 29 heavy (non-hydrogen) atoms. The Bertz CT molecular complexity index is 634. The van der Waals surface area contributed by atoms with Crippen molar-refractivity contribution in [3.8, 4) is 0 Å². The van der Waals surface area contributed by atoms with E-state index in [9.17, 15) is 14.0 Å². The number of hydrogen-bond donors (Lipinski definition) is 1. The molecule has 0 bridgehead atoms. The highest BCUT2D eigenvalue weighted by Crippen LogP contribution is 2.39. The Morgan fingerprint density at radius 2 is 1.86 bits per heavy atom. The molecule has 6 nitrogen and oxygen atoms in total. The summed E-state index contributed by atoms with van der Waals surface area (Å²) in [5, 5.41) is 3.39. The first-order valence-electron chi connectivity index (χ1n) is 11.1. The maximum Gasteiger partial charge on any atom is 0.251 e. The molecule has 164 valence electrons. The fourth-order valence-electron chi connectivity index (χ4n) is 5.52. The molecule has 1 spiro atoms. The molecule has 0 radical (unpaired) electrons. The second-order valence-corrected chi connectivity index (χ2v) is 10.3. The number of likely N-dealkylation sites (tertiary alicyclic amines) is 1. The van der Waals surface area contributed by atoms with Gasteiger partial charge in [0.05, 0.1) is 0 Å². The molecule has 2 unspecified atom stereocenters. The second kappa shape index (κ2) is 8.31. The van der Waals surface area contributed by atoms with Crippen LogP contribution in [0.2, 0.25) is 0 Å². The first kappa shape index (κ1) is 21.3. The van der Waals surface area contributed by atoms with Gasteiger partial charge in [0, 0.05) is 50.2 Å². The summed E-state index contributed by atoms with van der Waals surface area (Å²) in [6.07, 6.45) is 3.63. The van der Waals surface area contributed by atoms with Gasteiger partial charge in [0.15, 0.2) is 0 Å². The molecule has 2 amide bonds. The SMILES string of the molecule is CC(C)N1CC(=O)N(CC2CCC(Cl)CC2)C2(CN(C3CNCC(F)C3)C2)C1=O. The van der Waals surface area contributed by atoms with Crippen molar-refractivity contribution in [2.75, 3.05) is 39.3 Å². The Balaban J connectivity index is 1.51. The molecular weight excluding hydrogens is 395 g/mol. The Morgan fingerprint density at radius 3 is 2.48 bits per heavy atom. The molecule has 4 rings (SSSR count). The van der Waals surface area contributed by atoms with Crippen LogP contribution in [-0.2, 0) is 9.59 Å². The molecule has 0 aromatic heterocycles. The van der Waals surface area contributed by atoms with E-state index in [-0.39, 0.29) is 35.8 Å². The van der Waals surface area contributed by atoms with Gasteiger partial charge in [-0.3, -0.25) is 14.5 Å². The van der Waals surface area contributed by atoms with Crippen molar-refractivity contribution >= 4 is 23.4 Å². The number of nitrogens with one attached hydrogen (secondary N) is 1. The fourth-order valence-corrected chi connectivity index (χ4v) is 5.77. The Hall–Kier alpha value is -0.920. The predicted molar refractivity (Wildman–Crippen MR) is 111 cm³/mol. The van der Waals surface area contributed by atoms with Crippen LogP contribution in [0.5, 0.6) is 0 Å². The minimum Gasteiger partial charge on any atom is -0.329 e. The molecule has 0 aromatic carbocycles. The van der Waals surface area contributed by atoms with Crippen LogP contribution in [0.15, 0.2) is 0 Å². The summed E-state index contributed by atoms with van der Waals surface area (Å²) in [6.45, 7) is 6.92. The molecule has 8 heteroatoms. The molecule has 0 aromatic rings. The highest BCUT2D eigenvalue weighted by atomic mass is 35.5. The van der Waals surface area contributed by atoms with Crippen LogP contribution in [-0.4, -0.2) is 95.0 Å². The summed E-state index contributed by atoms with van der Waals surface area (Å²) < 4.78 is 13.9. The Labute approximate surface area is 178 Å². The number of alkyl halides is 2. The standard InChI is InChI=1S/C21H34ClFN4O2/c1-14(2)26-11-19(28)27(10-15-3-5-16(22)6-4-15)21(20(26)29)12-25(13-21)18-7-17(23)8-24-9-18/h14-18,24H,3-13H2,1-2H3. The van der Waals surface area contributed by atoms with Crippen molar-refractivity contribution < 1.29 is 14.0 Å². The first-order valence-corrected chi connectivity index (χ1v) is 11.6. The number of nitrogens with zero attached hydrogens (tertiary/aromatic N) is 3. The monoisotopic (exact) mass is 428 g/mol. The smallest absolute Gasteiger partial charge is 0.251 e. The zero-order valence-corrected chi connectivity index (χ0v) is 18.3. The Kier molecular flexibility index (Phi) is 6.11. The van der Waals surface area contributed by atoms with Crippen molar-refractivity contribution in [3.63, 3.8) is 0 Å². The molecule has 1 N–H and O–H groups in total. The van der Waals surface area contributed by atoms with Crippen molar-refractivity contribution in [2.24, 2.45) is 5.92 Å². The zero-order valence-electron chi connectivity index (χ0n) is 17.6. The normalized spacial score (nSPS) is 36.0. The molecule has 2 atom stereocenters. The highest BCUT2D eigenvalue weighted by Gasteiger charge is 2.61. The molecule has 4 fully saturated rings. The van der Waals surface area contributed by atoms with Crippen LogP contribution in [0.1, 0.15) is 46.0 Å². The van der Waals surface area contributed by atoms with Crippen LogP contribution >= 0.6 is 11.6 Å². The van der Waals surface area contributed by atoms with Gasteiger partial charge in [-0.2, -0.15) is 0 Å². The van der Waals surface area contributed by atoms with E-state index in [0.29, 0.717) is 38.5 Å². The lowest BCUT2D eigenvalue weighted by Gasteiger charge is -2.61. The summed E-state index contributed by atoms with van der Waals surface area (Å²) in [5.41, 5.74) is -0.777. The minimum atomic E-state index is -0.844. The van der Waals surface area contributed by atoms with Crippen LogP contribution in [0.4, 0.5) is 4.39 Å². The van der Waals surface area contributed by atoms with E-state index in [1.54, 1.807) is 4.90 Å². The summed E-state index contributed by atoms with van der Waals surface area (Å²) >= 11 is 6.26. The molecule has 4 aliphatic rings. The number of rotatable bonds is 4. The lowest BCUT2D eigenvalue weighted by molar-refractivity contribution is -0.184. The van der Waals surface area contributed by atoms with E-state index in [1.807, 2.05) is 18.7 Å². The van der Waals surface area contributed by atoms with Gasteiger partial charge in [-0.25, -0.2) is 4.39 Å². The highest BCUT2D eigenvalue weighted by molar-refractivity contribution is 6.20. The molecule has 3 heterocycles. The first-order chi connectivity index (χ1) is 13.8. The van der Waals surface area contributed by atoms with Crippen molar-refractivity contribution in [2.45, 2.75) is 75.1 Å². The van der Waals surface area contributed by atoms with E-state index in [2.05, 4.69) is 10.2 Å². The van der Waals surface area contributed by atoms with Gasteiger partial charge < -0.3 is 15.1 Å². The van der Waals surface area contributed by atoms with Gasteiger partial charge in [0.2, 0.25) is 5.91 Å². The number of carbonyl (C=O) groups excluding carboxylic acids is 2. The topological polar surface area (TPSA) is 55.9 Å². The molecule has 3 aliphatic heterocycles. The predicted octanol–water partition coefficient (Wildman–Crippen LogP) is 1.62. The number of halogens is 2. The van der Waals surface area contributed by atoms with E-state index in [4.69, 9.17) is 11.6 Å². The summed E-state index contributed by atoms with van der Waals surface area (Å²) in [4.78, 5) is 32.5. The average molecular weight is 429 g/mol. The maximum atomic E-state index is 13.9. The molecular formula is C21H34ClFN4O2. The van der Waals surface area contributed by atoms with Gasteiger partial charge in [-0.05, 0) is 51.9 Å². The average Bonchev–Trinajstić information content (AvgIpc) is 2.64. The van der Waals surface area contributed by atoms with Crippen LogP contribution in [0.3, 0.4) is 0 Å². The van der Waals surface area contributed by atoms with Gasteiger partial charge in [-0.1, -0.05) is 0 Å². The van der Waals surface area contributed by atoms with E-state index in [0.717, 1.165) is 32.2 Å². The zero-order chi connectivity index (χ0) is 20.8. The Morgan fingerprint density at radius 1 is 1.17 bits per heavy atom. The lowest BCUT2D eigenvalue weighted by atomic mass is 9.79. The quantitative estimate of drug-likeness (QED) is 0.691. The third-order valence-electron chi connectivity index (χ3n) is 7.34. The van der Waals surface area contributed by atoms with Crippen molar-refractivity contribution in [3.05, 3.63) is 0 Å². The van der Waals surface area contributed by atoms with Crippen LogP contribution in [0, 0.1) is 5.92 Å². The molecule has 1 aliphatic carbocycles. The largest absolute Gasteiger partial charge is 0.329 e. The number of carbonyl (C=O) groups is 2. The minimum absolute atomic E-state index is 0.00205. The maximum absolute atomic E-state index is 13.9. The third kappa shape index (κ3) is 4.02. The van der Waals surface area contributed by atoms with Gasteiger partial charge in [0.25, 0.3) is 5.91 Å². The fraction of sp³-hybridized carbons (Fsp3) is 0.905. The summed E-state index contributed by atoms with van der Waals surface area (Å²) in [7, 11) is 0. The summed E-state index contributed by atoms with van der Waals surface area (Å²) in [6, 6.07) is 0.0908. The van der Waals surface area contributed by atoms with Crippen LogP contribution in [0.25, 0.3) is 0 Å². The van der Waals surface area contributed by atoms with Gasteiger partial charge in [-0.15, -0.1) is 11.6 Å². The van der Waals surface area contributed by atoms with E-state index >= 15 is 0 Å². The molecule has 1 saturated carbocycles. The van der Waals surface area contributed by atoms with Gasteiger partial charge in [0.1, 0.15) is 18.3 Å². The number of amides is 2. The van der Waals surface area contributed by atoms with E-state index < -0.39 is 11.7 Å². The van der Waals surface area contributed by atoms with Gasteiger partial charge >= 0.3 is 0 Å². The van der Waals surface area contributed by atoms with Crippen molar-refractivity contribution in [1.29, 1.82) is 0 Å². The number of piperazine rings is 1. The van der Waals surface area contributed by atoms with E-state index in [1.165, 1.54) is 0 Å². The third-order valence-corrected chi connectivity index (χ3v) is 7.78. The lowest BCUT2D eigenvalue weighted by Crippen LogP contribution is -2.83. The van der Waals surface area contributed by atoms with Crippen LogP contribution < -0.4 is 5.32 Å². The number of piperidine rings is 1. The summed E-state index contributed by atoms with van der Waals surface area (Å²) in [5.74, 6) is 0.524. The number of hydrogen-bond acceptors (Lipinski definition) is 4.